The average molecular weight is 550 g/mol. The van der Waals surface area contributed by atoms with Gasteiger partial charge >= 0.3 is 0 Å². The number of aryl methyl sites for hydroxylation is 3. The van der Waals surface area contributed by atoms with Crippen molar-refractivity contribution in [2.75, 3.05) is 11.1 Å². The van der Waals surface area contributed by atoms with Crippen LogP contribution in [0.2, 0.25) is 0 Å². The van der Waals surface area contributed by atoms with Crippen LogP contribution in [-0.2, 0) is 24.4 Å². The number of nitrogens with zero attached hydrogens (tertiary/aromatic N) is 3. The Bertz CT molecular complexity index is 1030. The van der Waals surface area contributed by atoms with Crippen LogP contribution in [0.25, 0.3) is 0 Å². The molecule has 164 valence electrons. The van der Waals surface area contributed by atoms with Crippen molar-refractivity contribution in [3.63, 3.8) is 0 Å². The number of carbonyl (C=O) groups excluding carboxylic acids is 1. The van der Waals surface area contributed by atoms with Gasteiger partial charge in [0.25, 0.3) is 0 Å². The van der Waals surface area contributed by atoms with Crippen molar-refractivity contribution >= 4 is 45.9 Å². The molecule has 3 rings (SSSR count). The molecule has 0 bridgehead atoms. The molecule has 0 radical (unpaired) electrons. The van der Waals surface area contributed by atoms with E-state index in [1.54, 1.807) is 0 Å². The Hall–Kier alpha value is -2.07. The van der Waals surface area contributed by atoms with E-state index in [1.807, 2.05) is 37.5 Å². The third-order valence-corrected chi connectivity index (χ3v) is 6.49. The second-order valence-corrected chi connectivity index (χ2v) is 9.37. The number of hydrogen-bond donors (Lipinski definition) is 1. The average Bonchev–Trinajstić information content (AvgIpc) is 3.15. The molecule has 0 fully saturated rings. The van der Waals surface area contributed by atoms with Crippen molar-refractivity contribution in [2.45, 2.75) is 52.4 Å². The number of benzene rings is 2. The van der Waals surface area contributed by atoms with Gasteiger partial charge in [-0.1, -0.05) is 30.8 Å². The quantitative estimate of drug-likeness (QED) is 0.286. The second kappa shape index (κ2) is 11.0. The van der Waals surface area contributed by atoms with Gasteiger partial charge in [0, 0.05) is 15.8 Å². The van der Waals surface area contributed by atoms with Crippen molar-refractivity contribution in [1.29, 1.82) is 0 Å². The molecule has 0 unspecified atom stereocenters. The van der Waals surface area contributed by atoms with Crippen LogP contribution in [-0.4, -0.2) is 26.4 Å². The molecule has 1 aromatic heterocycles. The summed E-state index contributed by atoms with van der Waals surface area (Å²) in [7, 11) is 0. The van der Waals surface area contributed by atoms with Gasteiger partial charge in [-0.3, -0.25) is 4.79 Å². The van der Waals surface area contributed by atoms with E-state index in [4.69, 9.17) is 4.74 Å². The summed E-state index contributed by atoms with van der Waals surface area (Å²) in [6.07, 6.45) is 1.00. The van der Waals surface area contributed by atoms with Crippen LogP contribution >= 0.6 is 34.4 Å². The molecule has 0 aliphatic heterocycles. The molecule has 0 atom stereocenters. The molecule has 3 aromatic rings. The first-order valence-corrected chi connectivity index (χ1v) is 12.3. The molecule has 8 heteroatoms. The van der Waals surface area contributed by atoms with Crippen LogP contribution in [0.4, 0.5) is 5.69 Å². The van der Waals surface area contributed by atoms with Crippen LogP contribution in [0, 0.1) is 17.4 Å². The molecule has 0 saturated heterocycles. The molecule has 0 saturated carbocycles. The van der Waals surface area contributed by atoms with E-state index < -0.39 is 0 Å². The van der Waals surface area contributed by atoms with Gasteiger partial charge in [-0.25, -0.2) is 0 Å². The van der Waals surface area contributed by atoms with Crippen LogP contribution in [0.15, 0.2) is 41.6 Å². The Morgan fingerprint density at radius 2 is 1.81 bits per heavy atom. The molecular formula is C23H27IN4O2S. The zero-order valence-corrected chi connectivity index (χ0v) is 21.2. The SMILES string of the molecule is CCc1ccc(OCc2nnc(SCC(=O)Nc3c(C)cc(I)cc3C)n2CC)cc1. The fourth-order valence-electron chi connectivity index (χ4n) is 3.23. The maximum atomic E-state index is 12.5. The van der Waals surface area contributed by atoms with Crippen molar-refractivity contribution in [3.8, 4) is 5.75 Å². The number of ether oxygens (including phenoxy) is 1. The van der Waals surface area contributed by atoms with Gasteiger partial charge in [0.1, 0.15) is 12.4 Å². The Labute approximate surface area is 201 Å². The predicted molar refractivity (Wildman–Crippen MR) is 134 cm³/mol. The molecule has 0 aliphatic rings. The van der Waals surface area contributed by atoms with Gasteiger partial charge in [-0.15, -0.1) is 10.2 Å². The Kier molecular flexibility index (Phi) is 8.36. The molecular weight excluding hydrogens is 523 g/mol. The number of rotatable bonds is 9. The molecule has 31 heavy (non-hydrogen) atoms. The van der Waals surface area contributed by atoms with Crippen molar-refractivity contribution in [3.05, 3.63) is 62.5 Å². The van der Waals surface area contributed by atoms with Gasteiger partial charge in [0.2, 0.25) is 5.91 Å². The van der Waals surface area contributed by atoms with E-state index in [0.717, 1.165) is 38.4 Å². The maximum absolute atomic E-state index is 12.5. The van der Waals surface area contributed by atoms with Crippen LogP contribution in [0.5, 0.6) is 5.75 Å². The smallest absolute Gasteiger partial charge is 0.234 e. The third kappa shape index (κ3) is 6.22. The number of hydrogen-bond acceptors (Lipinski definition) is 5. The van der Waals surface area contributed by atoms with Crippen LogP contribution < -0.4 is 10.1 Å². The Morgan fingerprint density at radius 3 is 2.42 bits per heavy atom. The molecule has 1 amide bonds. The minimum Gasteiger partial charge on any atom is -0.486 e. The summed E-state index contributed by atoms with van der Waals surface area (Å²) < 4.78 is 9.02. The van der Waals surface area contributed by atoms with E-state index in [2.05, 4.69) is 69.3 Å². The summed E-state index contributed by atoms with van der Waals surface area (Å²) in [4.78, 5) is 12.5. The maximum Gasteiger partial charge on any atom is 0.234 e. The summed E-state index contributed by atoms with van der Waals surface area (Å²) >= 11 is 3.67. The topological polar surface area (TPSA) is 69.0 Å². The highest BCUT2D eigenvalue weighted by molar-refractivity contribution is 14.1. The molecule has 0 spiro atoms. The predicted octanol–water partition coefficient (Wildman–Crippen LogP) is 5.39. The molecule has 1 heterocycles. The highest BCUT2D eigenvalue weighted by Crippen LogP contribution is 2.24. The fraction of sp³-hybridized carbons (Fsp3) is 0.348. The molecule has 2 aromatic carbocycles. The number of thioether (sulfide) groups is 1. The fourth-order valence-corrected chi connectivity index (χ4v) is 4.99. The summed E-state index contributed by atoms with van der Waals surface area (Å²) in [5, 5.41) is 12.3. The van der Waals surface area contributed by atoms with E-state index in [1.165, 1.54) is 17.3 Å². The summed E-state index contributed by atoms with van der Waals surface area (Å²) in [5.74, 6) is 1.76. The lowest BCUT2D eigenvalue weighted by Crippen LogP contribution is -2.16. The van der Waals surface area contributed by atoms with E-state index in [-0.39, 0.29) is 11.7 Å². The first kappa shape index (κ1) is 23.6. The minimum atomic E-state index is -0.0584. The minimum absolute atomic E-state index is 0.0584. The van der Waals surface area contributed by atoms with Crippen LogP contribution in [0.3, 0.4) is 0 Å². The third-order valence-electron chi connectivity index (χ3n) is 4.90. The van der Waals surface area contributed by atoms with Crippen molar-refractivity contribution in [1.82, 2.24) is 14.8 Å². The zero-order chi connectivity index (χ0) is 22.4. The summed E-state index contributed by atoms with van der Waals surface area (Å²) in [6, 6.07) is 12.2. The van der Waals surface area contributed by atoms with Crippen molar-refractivity contribution in [2.24, 2.45) is 0 Å². The van der Waals surface area contributed by atoms with E-state index in [9.17, 15) is 4.79 Å². The van der Waals surface area contributed by atoms with E-state index >= 15 is 0 Å². The molecule has 6 nitrogen and oxygen atoms in total. The van der Waals surface area contributed by atoms with Gasteiger partial charge < -0.3 is 14.6 Å². The Morgan fingerprint density at radius 1 is 1.13 bits per heavy atom. The number of carbonyl (C=O) groups is 1. The number of amides is 1. The summed E-state index contributed by atoms with van der Waals surface area (Å²) in [6.45, 7) is 9.22. The molecule has 0 aliphatic carbocycles. The first-order valence-electron chi connectivity index (χ1n) is 10.2. The highest BCUT2D eigenvalue weighted by atomic mass is 127. The number of aromatic nitrogens is 3. The van der Waals surface area contributed by atoms with Crippen molar-refractivity contribution < 1.29 is 9.53 Å². The lowest BCUT2D eigenvalue weighted by molar-refractivity contribution is -0.113. The van der Waals surface area contributed by atoms with Crippen LogP contribution in [0.1, 0.15) is 36.4 Å². The monoisotopic (exact) mass is 550 g/mol. The zero-order valence-electron chi connectivity index (χ0n) is 18.2. The lowest BCUT2D eigenvalue weighted by atomic mass is 10.1. The Balaban J connectivity index is 1.59. The summed E-state index contributed by atoms with van der Waals surface area (Å²) in [5.41, 5.74) is 4.28. The van der Waals surface area contributed by atoms with Gasteiger partial charge in [-0.05, 0) is 90.7 Å². The number of anilines is 1. The standard InChI is InChI=1S/C23H27IN4O2S/c1-5-17-7-9-19(10-8-17)30-13-20-26-27-23(28(20)6-2)31-14-21(29)25-22-15(3)11-18(24)12-16(22)4/h7-12H,5-6,13-14H2,1-4H3,(H,25,29). The van der Waals surface area contributed by atoms with Gasteiger partial charge in [0.05, 0.1) is 5.75 Å². The lowest BCUT2D eigenvalue weighted by Gasteiger charge is -2.12. The number of halogens is 1. The first-order chi connectivity index (χ1) is 14.9. The largest absolute Gasteiger partial charge is 0.486 e. The van der Waals surface area contributed by atoms with Gasteiger partial charge in [-0.2, -0.15) is 0 Å². The normalized spacial score (nSPS) is 10.9. The number of nitrogens with one attached hydrogen (secondary N) is 1. The van der Waals surface area contributed by atoms with Gasteiger partial charge in [0.15, 0.2) is 11.0 Å². The van der Waals surface area contributed by atoms with E-state index in [0.29, 0.717) is 18.3 Å². The second-order valence-electron chi connectivity index (χ2n) is 7.18. The molecule has 1 N–H and O–H groups in total. The highest BCUT2D eigenvalue weighted by Gasteiger charge is 2.15.